The highest BCUT2D eigenvalue weighted by Crippen LogP contribution is 2.23. The molecule has 2 heterocycles. The molecule has 15 nitrogen and oxygen atoms in total. The maximum atomic E-state index is 12.7. The topological polar surface area (TPSA) is 217 Å². The molecular weight excluding hydrogens is 608 g/mol. The van der Waals surface area contributed by atoms with Crippen LogP contribution in [0, 0.1) is 0 Å². The van der Waals surface area contributed by atoms with Gasteiger partial charge in [0.2, 0.25) is 5.91 Å². The quantitative estimate of drug-likeness (QED) is 0.0699. The number of hydrogen-bond acceptors (Lipinski definition) is 14. The summed E-state index contributed by atoms with van der Waals surface area (Å²) in [4.78, 5) is 26.4. The van der Waals surface area contributed by atoms with E-state index in [1.54, 1.807) is 18.7 Å². The fraction of sp³-hybridized carbons (Fsp3) is 0.742. The number of ether oxygens (including phenoxy) is 5. The maximum Gasteiger partial charge on any atom is 0.306 e. The van der Waals surface area contributed by atoms with Gasteiger partial charge in [0.25, 0.3) is 0 Å². The first kappa shape index (κ1) is 38.2. The van der Waals surface area contributed by atoms with E-state index in [9.17, 15) is 40.2 Å². The molecule has 262 valence electrons. The van der Waals surface area contributed by atoms with Gasteiger partial charge in [-0.2, -0.15) is 0 Å². The highest BCUT2D eigenvalue weighted by Gasteiger charge is 2.43. The normalized spacial score (nSPS) is 31.5. The van der Waals surface area contributed by atoms with Crippen LogP contribution in [-0.4, -0.2) is 148 Å². The number of carbonyl (C=O) groups is 2. The molecule has 2 fully saturated rings. The number of carbonyl (C=O) groups excluding carboxylic acids is 2. The number of unbranched alkanes of at least 4 members (excludes halogenated alkanes) is 2. The van der Waals surface area contributed by atoms with Gasteiger partial charge in [0.15, 0.2) is 12.6 Å². The predicted molar refractivity (Wildman–Crippen MR) is 161 cm³/mol. The third-order valence-electron chi connectivity index (χ3n) is 7.99. The Morgan fingerprint density at radius 3 is 1.85 bits per heavy atom. The van der Waals surface area contributed by atoms with Crippen LogP contribution in [0.5, 0.6) is 0 Å². The molecule has 15 heteroatoms. The van der Waals surface area contributed by atoms with Crippen molar-refractivity contribution in [2.24, 2.45) is 0 Å². The van der Waals surface area contributed by atoms with Crippen molar-refractivity contribution in [2.45, 2.75) is 108 Å². The molecule has 2 aliphatic heterocycles. The first-order chi connectivity index (χ1) is 22.0. The molecule has 3 rings (SSSR count). The molecule has 1 aromatic rings. The molecule has 0 bridgehead atoms. The lowest BCUT2D eigenvalue weighted by molar-refractivity contribution is -0.295. The number of esters is 1. The number of benzene rings is 1. The minimum atomic E-state index is -1.47. The lowest BCUT2D eigenvalue weighted by Crippen LogP contribution is -2.57. The fourth-order valence-corrected chi connectivity index (χ4v) is 5.04. The van der Waals surface area contributed by atoms with E-state index in [1.807, 2.05) is 30.3 Å². The molecule has 7 N–H and O–H groups in total. The first-order valence-corrected chi connectivity index (χ1v) is 15.8. The molecule has 0 spiro atoms. The van der Waals surface area contributed by atoms with Gasteiger partial charge in [-0.3, -0.25) is 14.5 Å². The molecule has 2 aliphatic rings. The third-order valence-corrected chi connectivity index (χ3v) is 7.99. The monoisotopic (exact) mass is 658 g/mol. The zero-order chi connectivity index (χ0) is 33.6. The number of nitrogens with zero attached hydrogens (tertiary/aromatic N) is 1. The van der Waals surface area contributed by atoms with Gasteiger partial charge >= 0.3 is 5.97 Å². The van der Waals surface area contributed by atoms with Crippen molar-refractivity contribution in [1.82, 2.24) is 10.2 Å². The molecule has 0 aromatic heterocycles. The Balaban J connectivity index is 1.40. The van der Waals surface area contributed by atoms with E-state index in [0.717, 1.165) is 12.0 Å². The molecule has 46 heavy (non-hydrogen) atoms. The Morgan fingerprint density at radius 2 is 1.30 bits per heavy atom. The Kier molecular flexibility index (Phi) is 16.2. The second-order valence-electron chi connectivity index (χ2n) is 11.7. The zero-order valence-electron chi connectivity index (χ0n) is 26.4. The van der Waals surface area contributed by atoms with E-state index in [1.165, 1.54) is 0 Å². The van der Waals surface area contributed by atoms with Gasteiger partial charge in [-0.1, -0.05) is 36.8 Å². The summed E-state index contributed by atoms with van der Waals surface area (Å²) >= 11 is 0. The highest BCUT2D eigenvalue weighted by molar-refractivity contribution is 5.77. The first-order valence-electron chi connectivity index (χ1n) is 15.8. The minimum absolute atomic E-state index is 0.00456. The SMILES string of the molecule is C[C@@H]1O[C@@H](OCCN(CCO[C@@H]2O[C@@H](C)[C@@H](O)[C@@H](O)[C@@H]2O)CC(=O)NCCCCCC(=O)OCc2ccccc2)[C@@H](O)[C@H](O)[C@@H]1O. The lowest BCUT2D eigenvalue weighted by atomic mass is 10.0. The van der Waals surface area contributed by atoms with Gasteiger partial charge in [-0.25, -0.2) is 0 Å². The largest absolute Gasteiger partial charge is 0.461 e. The van der Waals surface area contributed by atoms with Gasteiger partial charge in [-0.05, 0) is 32.3 Å². The van der Waals surface area contributed by atoms with Crippen LogP contribution < -0.4 is 5.32 Å². The molecule has 0 unspecified atom stereocenters. The van der Waals surface area contributed by atoms with Crippen LogP contribution in [0.1, 0.15) is 45.1 Å². The number of aliphatic hydroxyl groups is 6. The molecule has 0 radical (unpaired) electrons. The van der Waals surface area contributed by atoms with Crippen LogP contribution in [-0.2, 0) is 39.9 Å². The Morgan fingerprint density at radius 1 is 0.761 bits per heavy atom. The van der Waals surface area contributed by atoms with Gasteiger partial charge in [0.05, 0.1) is 32.0 Å². The van der Waals surface area contributed by atoms with Crippen LogP contribution in [0.15, 0.2) is 30.3 Å². The van der Waals surface area contributed by atoms with Gasteiger partial charge in [0.1, 0.15) is 43.2 Å². The number of hydrogen-bond donors (Lipinski definition) is 7. The van der Waals surface area contributed by atoms with Crippen molar-refractivity contribution in [3.63, 3.8) is 0 Å². The summed E-state index contributed by atoms with van der Waals surface area (Å²) in [6.07, 6.45) is -9.95. The molecule has 2 saturated heterocycles. The summed E-state index contributed by atoms with van der Waals surface area (Å²) < 4.78 is 27.4. The van der Waals surface area contributed by atoms with Crippen molar-refractivity contribution >= 4 is 11.9 Å². The molecular formula is C31H50N2O13. The Hall–Kier alpha value is -2.28. The van der Waals surface area contributed by atoms with Crippen LogP contribution in [0.4, 0.5) is 0 Å². The van der Waals surface area contributed by atoms with E-state index >= 15 is 0 Å². The van der Waals surface area contributed by atoms with E-state index < -0.39 is 61.4 Å². The van der Waals surface area contributed by atoms with Crippen LogP contribution in [0.2, 0.25) is 0 Å². The van der Waals surface area contributed by atoms with Gasteiger partial charge in [-0.15, -0.1) is 0 Å². The average Bonchev–Trinajstić information content (AvgIpc) is 3.04. The third kappa shape index (κ3) is 12.1. The van der Waals surface area contributed by atoms with Crippen molar-refractivity contribution in [2.75, 3.05) is 39.4 Å². The van der Waals surface area contributed by atoms with E-state index in [4.69, 9.17) is 23.7 Å². The van der Waals surface area contributed by atoms with E-state index in [0.29, 0.717) is 19.4 Å². The number of rotatable bonds is 18. The number of amides is 1. The summed E-state index contributed by atoms with van der Waals surface area (Å²) in [6.45, 7) is 4.04. The van der Waals surface area contributed by atoms with Crippen LogP contribution in [0.25, 0.3) is 0 Å². The van der Waals surface area contributed by atoms with Crippen molar-refractivity contribution < 1.29 is 63.9 Å². The van der Waals surface area contributed by atoms with Crippen molar-refractivity contribution in [3.05, 3.63) is 35.9 Å². The molecule has 10 atom stereocenters. The number of aliphatic hydroxyl groups excluding tert-OH is 6. The summed E-state index contributed by atoms with van der Waals surface area (Å²) in [7, 11) is 0. The van der Waals surface area contributed by atoms with Crippen molar-refractivity contribution in [3.8, 4) is 0 Å². The average molecular weight is 659 g/mol. The predicted octanol–water partition coefficient (Wildman–Crippen LogP) is -1.60. The fourth-order valence-electron chi connectivity index (χ4n) is 5.04. The highest BCUT2D eigenvalue weighted by atomic mass is 16.7. The van der Waals surface area contributed by atoms with E-state index in [-0.39, 0.29) is 57.8 Å². The minimum Gasteiger partial charge on any atom is -0.461 e. The van der Waals surface area contributed by atoms with Gasteiger partial charge in [0, 0.05) is 26.1 Å². The zero-order valence-corrected chi connectivity index (χ0v) is 26.4. The lowest BCUT2D eigenvalue weighted by Gasteiger charge is -2.39. The van der Waals surface area contributed by atoms with Crippen LogP contribution in [0.3, 0.4) is 0 Å². The standard InChI is InChI=1S/C31H50N2O13/c1-19-24(36)26(38)28(40)30(45-19)42-15-13-33(14-16-43-31-29(41)27(39)25(37)20(2)46-31)17-22(34)32-12-8-4-7-11-23(35)44-18-21-9-5-3-6-10-21/h3,5-6,9-10,19-20,24-31,36-41H,4,7-8,11-18H2,1-2H3,(H,32,34)/t19-,20-,24+,25+,26+,27+,28-,29-,30+,31+/m0/s1. The van der Waals surface area contributed by atoms with Crippen LogP contribution >= 0.6 is 0 Å². The maximum absolute atomic E-state index is 12.7. The van der Waals surface area contributed by atoms with Gasteiger partial charge < -0.3 is 59.6 Å². The number of nitrogens with one attached hydrogen (secondary N) is 1. The summed E-state index contributed by atoms with van der Waals surface area (Å²) in [5.74, 6) is -0.546. The second-order valence-corrected chi connectivity index (χ2v) is 11.7. The summed E-state index contributed by atoms with van der Waals surface area (Å²) in [5, 5.41) is 63.1. The summed E-state index contributed by atoms with van der Waals surface area (Å²) in [5.41, 5.74) is 0.923. The molecule has 1 amide bonds. The summed E-state index contributed by atoms with van der Waals surface area (Å²) in [6, 6.07) is 9.43. The smallest absolute Gasteiger partial charge is 0.306 e. The Labute approximate surface area is 269 Å². The second kappa shape index (κ2) is 19.5. The Bertz CT molecular complexity index is 997. The van der Waals surface area contributed by atoms with E-state index in [2.05, 4.69) is 5.32 Å². The molecule has 1 aromatic carbocycles. The molecule has 0 aliphatic carbocycles. The van der Waals surface area contributed by atoms with Crippen molar-refractivity contribution in [1.29, 1.82) is 0 Å². The molecule has 0 saturated carbocycles.